The van der Waals surface area contributed by atoms with E-state index in [0.717, 1.165) is 0 Å². The molecule has 1 saturated carbocycles. The molecule has 3 rings (SSSR count). The van der Waals surface area contributed by atoms with Gasteiger partial charge in [0.25, 0.3) is 5.56 Å². The van der Waals surface area contributed by atoms with Crippen molar-refractivity contribution in [2.45, 2.75) is 44.8 Å². The maximum atomic E-state index is 12.6. The number of carbonyl (C=O) groups excluding carboxylic acids is 1. The van der Waals surface area contributed by atoms with Gasteiger partial charge in [-0.15, -0.1) is 0 Å². The van der Waals surface area contributed by atoms with E-state index in [4.69, 9.17) is 4.74 Å². The van der Waals surface area contributed by atoms with Gasteiger partial charge in [-0.3, -0.25) is 14.5 Å². The number of aromatic amines is 1. The molecule has 1 N–H and O–H groups in total. The maximum absolute atomic E-state index is 12.6. The molecule has 1 amide bonds. The summed E-state index contributed by atoms with van der Waals surface area (Å²) in [6, 6.07) is 1.98. The van der Waals surface area contributed by atoms with Crippen LogP contribution in [0.2, 0.25) is 0 Å². The van der Waals surface area contributed by atoms with E-state index in [1.54, 1.807) is 6.92 Å². The number of nitrogens with zero attached hydrogens (tertiary/aromatic N) is 3. The third-order valence-electron chi connectivity index (χ3n) is 4.94. The van der Waals surface area contributed by atoms with E-state index < -0.39 is 0 Å². The average Bonchev–Trinajstić information content (AvgIpc) is 3.08. The number of rotatable bonds is 4. The maximum Gasteiger partial charge on any atom is 0.251 e. The second-order valence-electron chi connectivity index (χ2n) is 6.82. The minimum atomic E-state index is -0.368. The number of aryl methyl sites for hydroxylation is 1. The van der Waals surface area contributed by atoms with Crippen molar-refractivity contribution in [3.63, 3.8) is 0 Å². The molecular formula is C17H26N4O3. The molecule has 1 aromatic heterocycles. The predicted molar refractivity (Wildman–Crippen MR) is 89.8 cm³/mol. The van der Waals surface area contributed by atoms with E-state index >= 15 is 0 Å². The molecule has 132 valence electrons. The number of nitrogens with one attached hydrogen (secondary N) is 1. The summed E-state index contributed by atoms with van der Waals surface area (Å²) in [5.41, 5.74) is 0.465. The fourth-order valence-electron chi connectivity index (χ4n) is 3.58. The number of H-pyrrole nitrogens is 1. The van der Waals surface area contributed by atoms with Gasteiger partial charge in [-0.1, -0.05) is 12.8 Å². The van der Waals surface area contributed by atoms with Gasteiger partial charge in [0.2, 0.25) is 5.91 Å². The minimum absolute atomic E-state index is 0.118. The Labute approximate surface area is 142 Å². The first-order chi connectivity index (χ1) is 11.5. The fourth-order valence-corrected chi connectivity index (χ4v) is 3.58. The first-order valence-corrected chi connectivity index (χ1v) is 8.70. The lowest BCUT2D eigenvalue weighted by molar-refractivity contribution is -0.140. The molecule has 0 spiro atoms. The monoisotopic (exact) mass is 334 g/mol. The Morgan fingerprint density at radius 2 is 2.21 bits per heavy atom. The second kappa shape index (κ2) is 7.44. The fraction of sp³-hybridized carbons (Fsp3) is 0.706. The highest BCUT2D eigenvalue weighted by molar-refractivity contribution is 5.78. The number of carbonyl (C=O) groups is 1. The van der Waals surface area contributed by atoms with Gasteiger partial charge in [-0.05, 0) is 26.8 Å². The summed E-state index contributed by atoms with van der Waals surface area (Å²) in [6.45, 7) is 3.70. The predicted octanol–water partition coefficient (Wildman–Crippen LogP) is 0.853. The standard InChI is InChI=1S/C17H26N4O3/c1-12-9-15(22)19-17(18-12)14-10-21(7-8-24-14)16(23)11-20(2)13-5-3-4-6-13/h9,13-14H,3-8,10-11H2,1-2H3,(H,18,19,22). The van der Waals surface area contributed by atoms with Gasteiger partial charge >= 0.3 is 0 Å². The number of hydrogen-bond acceptors (Lipinski definition) is 5. The van der Waals surface area contributed by atoms with Crippen molar-refractivity contribution in [2.24, 2.45) is 0 Å². The summed E-state index contributed by atoms with van der Waals surface area (Å²) in [6.07, 6.45) is 4.52. The number of aromatic nitrogens is 2. The van der Waals surface area contributed by atoms with Crippen molar-refractivity contribution in [3.05, 3.63) is 27.9 Å². The van der Waals surface area contributed by atoms with Crippen molar-refractivity contribution in [2.75, 3.05) is 33.3 Å². The zero-order valence-corrected chi connectivity index (χ0v) is 14.5. The molecular weight excluding hydrogens is 308 g/mol. The zero-order valence-electron chi connectivity index (χ0n) is 14.5. The van der Waals surface area contributed by atoms with E-state index in [1.165, 1.54) is 31.7 Å². The van der Waals surface area contributed by atoms with E-state index in [2.05, 4.69) is 14.9 Å². The Balaban J connectivity index is 1.62. The lowest BCUT2D eigenvalue weighted by Gasteiger charge is -2.34. The van der Waals surface area contributed by atoms with Crippen LogP contribution >= 0.6 is 0 Å². The van der Waals surface area contributed by atoms with Crippen LogP contribution in [0.25, 0.3) is 0 Å². The van der Waals surface area contributed by atoms with Gasteiger partial charge < -0.3 is 14.6 Å². The van der Waals surface area contributed by atoms with E-state index in [1.807, 2.05) is 11.9 Å². The molecule has 0 aromatic carbocycles. The minimum Gasteiger partial charge on any atom is -0.367 e. The van der Waals surface area contributed by atoms with Crippen LogP contribution in [-0.2, 0) is 9.53 Å². The average molecular weight is 334 g/mol. The molecule has 1 atom stereocenters. The van der Waals surface area contributed by atoms with Crippen molar-refractivity contribution in [3.8, 4) is 0 Å². The third kappa shape index (κ3) is 4.02. The number of ether oxygens (including phenoxy) is 1. The lowest BCUT2D eigenvalue weighted by atomic mass is 10.2. The van der Waals surface area contributed by atoms with Crippen LogP contribution in [0.1, 0.15) is 43.3 Å². The Kier molecular flexibility index (Phi) is 5.30. The van der Waals surface area contributed by atoms with E-state index in [9.17, 15) is 9.59 Å². The summed E-state index contributed by atoms with van der Waals surface area (Å²) in [5, 5.41) is 0. The Hall–Kier alpha value is -1.73. The van der Waals surface area contributed by atoms with E-state index in [-0.39, 0.29) is 17.6 Å². The van der Waals surface area contributed by atoms with E-state index in [0.29, 0.717) is 43.8 Å². The van der Waals surface area contributed by atoms with Crippen LogP contribution < -0.4 is 5.56 Å². The SMILES string of the molecule is Cc1cc(=O)[nH]c(C2CN(C(=O)CN(C)C3CCCC3)CCO2)n1. The number of amides is 1. The van der Waals surface area contributed by atoms with Crippen molar-refractivity contribution < 1.29 is 9.53 Å². The highest BCUT2D eigenvalue weighted by atomic mass is 16.5. The quantitative estimate of drug-likeness (QED) is 0.883. The van der Waals surface area contributed by atoms with Crippen LogP contribution in [0, 0.1) is 6.92 Å². The van der Waals surface area contributed by atoms with Gasteiger partial charge in [-0.25, -0.2) is 4.98 Å². The molecule has 0 bridgehead atoms. The summed E-state index contributed by atoms with van der Waals surface area (Å²) >= 11 is 0. The molecule has 1 unspecified atom stereocenters. The largest absolute Gasteiger partial charge is 0.367 e. The van der Waals surface area contributed by atoms with Gasteiger partial charge in [0.05, 0.1) is 19.7 Å². The summed E-state index contributed by atoms with van der Waals surface area (Å²) in [5.74, 6) is 0.620. The second-order valence-corrected chi connectivity index (χ2v) is 6.82. The van der Waals surface area contributed by atoms with Crippen molar-refractivity contribution in [1.29, 1.82) is 0 Å². The van der Waals surface area contributed by atoms with Crippen LogP contribution in [0.3, 0.4) is 0 Å². The van der Waals surface area contributed by atoms with Gasteiger partial charge in [0.1, 0.15) is 11.9 Å². The number of likely N-dealkylation sites (N-methyl/N-ethyl adjacent to an activating group) is 1. The van der Waals surface area contributed by atoms with Gasteiger partial charge in [0, 0.05) is 24.3 Å². The van der Waals surface area contributed by atoms with Gasteiger partial charge in [0.15, 0.2) is 0 Å². The molecule has 2 aliphatic rings. The van der Waals surface area contributed by atoms with Crippen LogP contribution in [0.15, 0.2) is 10.9 Å². The number of morpholine rings is 1. The Morgan fingerprint density at radius 1 is 1.46 bits per heavy atom. The Bertz CT molecular complexity index is 639. The van der Waals surface area contributed by atoms with Crippen LogP contribution in [-0.4, -0.2) is 65.0 Å². The highest BCUT2D eigenvalue weighted by Gasteiger charge is 2.29. The van der Waals surface area contributed by atoms with Crippen molar-refractivity contribution in [1.82, 2.24) is 19.8 Å². The molecule has 1 aromatic rings. The lowest BCUT2D eigenvalue weighted by Crippen LogP contribution is -2.47. The van der Waals surface area contributed by atoms with Gasteiger partial charge in [-0.2, -0.15) is 0 Å². The summed E-state index contributed by atoms with van der Waals surface area (Å²) in [4.78, 5) is 35.3. The third-order valence-corrected chi connectivity index (χ3v) is 4.94. The molecule has 24 heavy (non-hydrogen) atoms. The molecule has 7 nitrogen and oxygen atoms in total. The molecule has 1 aliphatic carbocycles. The molecule has 0 radical (unpaired) electrons. The smallest absolute Gasteiger partial charge is 0.251 e. The first-order valence-electron chi connectivity index (χ1n) is 8.70. The van der Waals surface area contributed by atoms with Crippen molar-refractivity contribution >= 4 is 5.91 Å². The van der Waals surface area contributed by atoms with Crippen LogP contribution in [0.4, 0.5) is 0 Å². The number of hydrogen-bond donors (Lipinski definition) is 1. The van der Waals surface area contributed by atoms with Crippen LogP contribution in [0.5, 0.6) is 0 Å². The molecule has 1 saturated heterocycles. The Morgan fingerprint density at radius 3 is 2.92 bits per heavy atom. The molecule has 1 aliphatic heterocycles. The molecule has 2 heterocycles. The highest BCUT2D eigenvalue weighted by Crippen LogP contribution is 2.23. The summed E-state index contributed by atoms with van der Waals surface area (Å²) < 4.78 is 5.72. The first kappa shape index (κ1) is 17.1. The summed E-state index contributed by atoms with van der Waals surface area (Å²) in [7, 11) is 2.03. The molecule has 2 fully saturated rings. The topological polar surface area (TPSA) is 78.5 Å². The molecule has 7 heteroatoms. The normalized spacial score (nSPS) is 22.3. The zero-order chi connectivity index (χ0) is 17.1.